The summed E-state index contributed by atoms with van der Waals surface area (Å²) in [6.07, 6.45) is 0. The molecule has 0 aliphatic carbocycles. The maximum atomic E-state index is 12.3. The van der Waals surface area contributed by atoms with Gasteiger partial charge in [-0.1, -0.05) is 12.1 Å². The van der Waals surface area contributed by atoms with Crippen LogP contribution in [0.5, 0.6) is 0 Å². The Kier molecular flexibility index (Phi) is 5.25. The molecule has 3 aromatic rings. The number of carbonyl (C=O) groups is 2. The molecule has 0 radical (unpaired) electrons. The fourth-order valence-corrected chi connectivity index (χ4v) is 3.11. The first-order valence-corrected chi connectivity index (χ1v) is 8.77. The summed E-state index contributed by atoms with van der Waals surface area (Å²) in [4.78, 5) is 24.2. The van der Waals surface area contributed by atoms with Crippen LogP contribution in [0.15, 0.2) is 57.8 Å². The zero-order valence-corrected chi connectivity index (χ0v) is 14.7. The molecule has 0 bridgehead atoms. The van der Waals surface area contributed by atoms with E-state index < -0.39 is 0 Å². The predicted octanol–water partition coefficient (Wildman–Crippen LogP) is 3.99. The third-order valence-electron chi connectivity index (χ3n) is 3.51. The number of hydrogen-bond donors (Lipinski definition) is 2. The molecule has 0 unspecified atom stereocenters. The Bertz CT molecular complexity index is 1000. The highest BCUT2D eigenvalue weighted by atomic mass is 32.2. The Morgan fingerprint density at radius 1 is 1.12 bits per heavy atom. The number of furan rings is 1. The first kappa shape index (κ1) is 17.6. The van der Waals surface area contributed by atoms with Crippen molar-refractivity contribution in [2.75, 3.05) is 16.4 Å². The molecule has 7 heteroatoms. The second kappa shape index (κ2) is 7.76. The van der Waals surface area contributed by atoms with Gasteiger partial charge >= 0.3 is 0 Å². The molecule has 2 aromatic carbocycles. The molecule has 0 saturated carbocycles. The van der Waals surface area contributed by atoms with Crippen LogP contribution in [0.4, 0.5) is 11.4 Å². The van der Waals surface area contributed by atoms with Crippen LogP contribution in [0.1, 0.15) is 12.7 Å². The van der Waals surface area contributed by atoms with Crippen LogP contribution in [0.2, 0.25) is 0 Å². The van der Waals surface area contributed by atoms with Gasteiger partial charge in [0.25, 0.3) is 0 Å². The second-order valence-corrected chi connectivity index (χ2v) is 6.51. The fourth-order valence-electron chi connectivity index (χ4n) is 2.41. The lowest BCUT2D eigenvalue weighted by Gasteiger charge is -2.06. The predicted molar refractivity (Wildman–Crippen MR) is 101 cm³/mol. The summed E-state index contributed by atoms with van der Waals surface area (Å²) < 4.78 is 5.44. The molecule has 1 aromatic heterocycles. The van der Waals surface area contributed by atoms with Gasteiger partial charge in [-0.2, -0.15) is 5.26 Å². The van der Waals surface area contributed by atoms with Gasteiger partial charge in [-0.15, -0.1) is 11.8 Å². The Labute approximate surface area is 154 Å². The van der Waals surface area contributed by atoms with Crippen molar-refractivity contribution in [2.45, 2.75) is 11.8 Å². The van der Waals surface area contributed by atoms with Crippen molar-refractivity contribution in [3.8, 4) is 6.07 Å². The summed E-state index contributed by atoms with van der Waals surface area (Å²) >= 11 is 1.36. The smallest absolute Gasteiger partial charge is 0.234 e. The Hall–Kier alpha value is -3.24. The van der Waals surface area contributed by atoms with Crippen molar-refractivity contribution in [3.63, 3.8) is 0 Å². The molecule has 0 spiro atoms. The van der Waals surface area contributed by atoms with E-state index in [1.807, 2.05) is 24.3 Å². The molecular formula is C19H15N3O3S. The van der Waals surface area contributed by atoms with E-state index in [0.717, 1.165) is 4.90 Å². The topological polar surface area (TPSA) is 95.1 Å². The molecule has 0 aliphatic heterocycles. The quantitative estimate of drug-likeness (QED) is 0.667. The lowest BCUT2D eigenvalue weighted by molar-refractivity contribution is -0.114. The number of carbonyl (C=O) groups excluding carboxylic acids is 2. The van der Waals surface area contributed by atoms with Crippen LogP contribution in [0.3, 0.4) is 0 Å². The van der Waals surface area contributed by atoms with Crippen LogP contribution in [0, 0.1) is 11.3 Å². The fraction of sp³-hybridized carbons (Fsp3) is 0.105. The number of nitrogens with one attached hydrogen (secondary N) is 2. The molecular weight excluding hydrogens is 350 g/mol. The summed E-state index contributed by atoms with van der Waals surface area (Å²) in [5, 5.41) is 15.3. The minimum atomic E-state index is -0.232. The van der Waals surface area contributed by atoms with Gasteiger partial charge in [-0.05, 0) is 36.4 Å². The SMILES string of the molecule is CC(=O)Nc1ccc(SCC(=O)Nc2c(C#N)oc3ccccc23)cc1. The molecule has 2 amide bonds. The average molecular weight is 365 g/mol. The van der Waals surface area contributed by atoms with Gasteiger partial charge in [0.05, 0.1) is 5.75 Å². The van der Waals surface area contributed by atoms with Crippen molar-refractivity contribution in [1.29, 1.82) is 5.26 Å². The molecule has 0 aliphatic rings. The lowest BCUT2D eigenvalue weighted by atomic mass is 10.2. The lowest BCUT2D eigenvalue weighted by Crippen LogP contribution is -2.14. The minimum Gasteiger partial charge on any atom is -0.443 e. The molecule has 0 atom stereocenters. The van der Waals surface area contributed by atoms with E-state index in [9.17, 15) is 14.9 Å². The van der Waals surface area contributed by atoms with E-state index in [-0.39, 0.29) is 23.3 Å². The molecule has 26 heavy (non-hydrogen) atoms. The normalized spacial score (nSPS) is 10.3. The summed E-state index contributed by atoms with van der Waals surface area (Å²) in [6.45, 7) is 1.45. The second-order valence-electron chi connectivity index (χ2n) is 5.46. The van der Waals surface area contributed by atoms with Crippen LogP contribution >= 0.6 is 11.8 Å². The summed E-state index contributed by atoms with van der Waals surface area (Å²) in [5.74, 6) is -0.0947. The van der Waals surface area contributed by atoms with Crippen LogP contribution in [0.25, 0.3) is 11.0 Å². The van der Waals surface area contributed by atoms with Crippen molar-refractivity contribution in [1.82, 2.24) is 0 Å². The molecule has 0 saturated heterocycles. The van der Waals surface area contributed by atoms with Crippen LogP contribution in [-0.4, -0.2) is 17.6 Å². The summed E-state index contributed by atoms with van der Waals surface area (Å²) in [5.41, 5.74) is 1.66. The van der Waals surface area contributed by atoms with Crippen LogP contribution < -0.4 is 10.6 Å². The number of rotatable bonds is 5. The minimum absolute atomic E-state index is 0.0872. The van der Waals surface area contributed by atoms with Gasteiger partial charge in [0.2, 0.25) is 17.6 Å². The highest BCUT2D eigenvalue weighted by Crippen LogP contribution is 2.30. The van der Waals surface area contributed by atoms with Crippen molar-refractivity contribution >= 4 is 45.9 Å². The number of amides is 2. The first-order chi connectivity index (χ1) is 12.6. The standard InChI is InChI=1S/C19H15N3O3S/c1-12(23)21-13-6-8-14(9-7-13)26-11-18(24)22-19-15-4-2-3-5-16(15)25-17(19)10-20/h2-9H,11H2,1H3,(H,21,23)(H,22,24). The molecule has 130 valence electrons. The van der Waals surface area contributed by atoms with E-state index >= 15 is 0 Å². The number of para-hydroxylation sites is 1. The maximum Gasteiger partial charge on any atom is 0.234 e. The largest absolute Gasteiger partial charge is 0.443 e. The summed E-state index contributed by atoms with van der Waals surface area (Å²) in [6, 6.07) is 16.3. The van der Waals surface area contributed by atoms with E-state index in [4.69, 9.17) is 4.42 Å². The molecule has 1 heterocycles. The third-order valence-corrected chi connectivity index (χ3v) is 4.52. The monoisotopic (exact) mass is 365 g/mol. The highest BCUT2D eigenvalue weighted by Gasteiger charge is 2.16. The Morgan fingerprint density at radius 2 is 1.85 bits per heavy atom. The number of nitriles is 1. The zero-order valence-electron chi connectivity index (χ0n) is 13.9. The summed E-state index contributed by atoms with van der Waals surface area (Å²) in [7, 11) is 0. The van der Waals surface area contributed by atoms with E-state index in [0.29, 0.717) is 22.3 Å². The zero-order chi connectivity index (χ0) is 18.5. The number of fused-ring (bicyclic) bond motifs is 1. The number of nitrogens with zero attached hydrogens (tertiary/aromatic N) is 1. The Balaban J connectivity index is 1.65. The average Bonchev–Trinajstić information content (AvgIpc) is 2.98. The van der Waals surface area contributed by atoms with Gasteiger partial charge in [0, 0.05) is 22.9 Å². The van der Waals surface area contributed by atoms with Gasteiger partial charge in [0.1, 0.15) is 17.3 Å². The van der Waals surface area contributed by atoms with E-state index in [2.05, 4.69) is 10.6 Å². The maximum absolute atomic E-state index is 12.3. The Morgan fingerprint density at radius 3 is 2.54 bits per heavy atom. The van der Waals surface area contributed by atoms with Crippen molar-refractivity contribution < 1.29 is 14.0 Å². The van der Waals surface area contributed by atoms with Gasteiger partial charge in [0.15, 0.2) is 0 Å². The third kappa shape index (κ3) is 4.05. The molecule has 2 N–H and O–H groups in total. The van der Waals surface area contributed by atoms with Gasteiger partial charge in [-0.3, -0.25) is 9.59 Å². The van der Waals surface area contributed by atoms with E-state index in [1.165, 1.54) is 18.7 Å². The van der Waals surface area contributed by atoms with Gasteiger partial charge in [-0.25, -0.2) is 0 Å². The van der Waals surface area contributed by atoms with Crippen LogP contribution in [-0.2, 0) is 9.59 Å². The first-order valence-electron chi connectivity index (χ1n) is 7.79. The van der Waals surface area contributed by atoms with Crippen molar-refractivity contribution in [2.24, 2.45) is 0 Å². The number of thioether (sulfide) groups is 1. The van der Waals surface area contributed by atoms with E-state index in [1.54, 1.807) is 30.3 Å². The number of benzene rings is 2. The molecule has 3 rings (SSSR count). The highest BCUT2D eigenvalue weighted by molar-refractivity contribution is 8.00. The van der Waals surface area contributed by atoms with Crippen molar-refractivity contribution in [3.05, 3.63) is 54.3 Å². The molecule has 0 fully saturated rings. The number of anilines is 2. The number of hydrogen-bond acceptors (Lipinski definition) is 5. The van der Waals surface area contributed by atoms with Gasteiger partial charge < -0.3 is 15.1 Å². The molecule has 6 nitrogen and oxygen atoms in total.